The van der Waals surface area contributed by atoms with Crippen LogP contribution in [-0.4, -0.2) is 41.7 Å². The van der Waals surface area contributed by atoms with Crippen LogP contribution in [0.2, 0.25) is 0 Å². The number of thioether (sulfide) groups is 1. The van der Waals surface area contributed by atoms with Gasteiger partial charge in [-0.2, -0.15) is 0 Å². The highest BCUT2D eigenvalue weighted by atomic mass is 32.2. The number of nitrogens with zero attached hydrogens (tertiary/aromatic N) is 2. The Kier molecular flexibility index (Phi) is 6.50. The van der Waals surface area contributed by atoms with E-state index in [2.05, 4.69) is 4.98 Å². The molecule has 0 saturated carbocycles. The second-order valence-corrected chi connectivity index (χ2v) is 7.19. The first-order valence-corrected chi connectivity index (χ1v) is 10.1. The Labute approximate surface area is 157 Å². The number of aromatic nitrogens is 1. The number of carbonyl (C=O) groups excluding carboxylic acids is 1. The van der Waals surface area contributed by atoms with Gasteiger partial charge in [0.2, 0.25) is 0 Å². The third-order valence-electron chi connectivity index (χ3n) is 4.69. The van der Waals surface area contributed by atoms with E-state index in [0.717, 1.165) is 37.4 Å². The van der Waals surface area contributed by atoms with Crippen LogP contribution in [0.15, 0.2) is 47.6 Å². The van der Waals surface area contributed by atoms with E-state index in [0.29, 0.717) is 23.8 Å². The number of piperidine rings is 1. The van der Waals surface area contributed by atoms with Crippen molar-refractivity contribution in [2.24, 2.45) is 5.92 Å². The molecule has 26 heavy (non-hydrogen) atoms. The van der Waals surface area contributed by atoms with Gasteiger partial charge in [0.05, 0.1) is 12.2 Å². The Morgan fingerprint density at radius 3 is 2.85 bits per heavy atom. The summed E-state index contributed by atoms with van der Waals surface area (Å²) in [7, 11) is 0. The van der Waals surface area contributed by atoms with Crippen molar-refractivity contribution in [1.82, 2.24) is 9.88 Å². The summed E-state index contributed by atoms with van der Waals surface area (Å²) in [4.78, 5) is 18.9. The van der Waals surface area contributed by atoms with Gasteiger partial charge in [-0.15, -0.1) is 11.8 Å². The second-order valence-electron chi connectivity index (χ2n) is 6.39. The van der Waals surface area contributed by atoms with Crippen LogP contribution in [0.5, 0.6) is 5.75 Å². The Morgan fingerprint density at radius 2 is 2.12 bits per heavy atom. The standard InChI is InChI=1S/C20H23FN2O2S/c1-26-19-18(6-3-10-22-19)20(24)23-11-7-15(8-12-23)9-13-25-17-5-2-4-16(21)14-17/h2-6,10,14-15H,7-9,11-13H2,1H3. The van der Waals surface area contributed by atoms with Crippen LogP contribution >= 0.6 is 11.8 Å². The molecule has 1 amide bonds. The Bertz CT molecular complexity index is 748. The molecule has 1 aliphatic heterocycles. The third kappa shape index (κ3) is 4.75. The molecule has 0 atom stereocenters. The van der Waals surface area contributed by atoms with Gasteiger partial charge >= 0.3 is 0 Å². The molecule has 0 bridgehead atoms. The topological polar surface area (TPSA) is 42.4 Å². The smallest absolute Gasteiger partial charge is 0.256 e. The zero-order valence-electron chi connectivity index (χ0n) is 14.9. The summed E-state index contributed by atoms with van der Waals surface area (Å²) in [5.74, 6) is 0.881. The summed E-state index contributed by atoms with van der Waals surface area (Å²) in [5, 5.41) is 0.781. The first-order chi connectivity index (χ1) is 12.7. The summed E-state index contributed by atoms with van der Waals surface area (Å²) >= 11 is 1.50. The van der Waals surface area contributed by atoms with E-state index in [4.69, 9.17) is 4.74 Å². The lowest BCUT2D eigenvalue weighted by Crippen LogP contribution is -2.39. The molecule has 2 heterocycles. The maximum atomic E-state index is 13.1. The quantitative estimate of drug-likeness (QED) is 0.709. The normalized spacial score (nSPS) is 15.1. The van der Waals surface area contributed by atoms with Crippen LogP contribution in [0.25, 0.3) is 0 Å². The van der Waals surface area contributed by atoms with E-state index in [-0.39, 0.29) is 11.7 Å². The second kappa shape index (κ2) is 9.03. The highest BCUT2D eigenvalue weighted by Crippen LogP contribution is 2.25. The summed E-state index contributed by atoms with van der Waals surface area (Å²) in [5.41, 5.74) is 0.688. The van der Waals surface area contributed by atoms with Gasteiger partial charge in [-0.25, -0.2) is 9.37 Å². The molecule has 1 saturated heterocycles. The van der Waals surface area contributed by atoms with Gasteiger partial charge in [0.25, 0.3) is 5.91 Å². The minimum absolute atomic E-state index is 0.0666. The number of ether oxygens (including phenoxy) is 1. The van der Waals surface area contributed by atoms with Crippen LogP contribution in [0.4, 0.5) is 4.39 Å². The summed E-state index contributed by atoms with van der Waals surface area (Å²) in [6, 6.07) is 9.88. The van der Waals surface area contributed by atoms with E-state index in [1.807, 2.05) is 23.3 Å². The molecule has 138 valence electrons. The molecule has 4 nitrogen and oxygen atoms in total. The molecule has 6 heteroatoms. The van der Waals surface area contributed by atoms with Crippen LogP contribution in [-0.2, 0) is 0 Å². The number of likely N-dealkylation sites (tertiary alicyclic amines) is 1. The SMILES string of the molecule is CSc1ncccc1C(=O)N1CCC(CCOc2cccc(F)c2)CC1. The fourth-order valence-corrected chi connectivity index (χ4v) is 3.75. The largest absolute Gasteiger partial charge is 0.493 e. The average Bonchev–Trinajstić information content (AvgIpc) is 2.68. The fourth-order valence-electron chi connectivity index (χ4n) is 3.21. The van der Waals surface area contributed by atoms with Crippen molar-refractivity contribution >= 4 is 17.7 Å². The van der Waals surface area contributed by atoms with Crippen molar-refractivity contribution in [3.05, 3.63) is 54.0 Å². The van der Waals surface area contributed by atoms with Gasteiger partial charge in [0.1, 0.15) is 16.6 Å². The Hall–Kier alpha value is -2.08. The minimum atomic E-state index is -0.283. The lowest BCUT2D eigenvalue weighted by atomic mass is 9.93. The monoisotopic (exact) mass is 374 g/mol. The van der Waals surface area contributed by atoms with Crippen molar-refractivity contribution in [3.8, 4) is 5.75 Å². The van der Waals surface area contributed by atoms with Gasteiger partial charge in [-0.1, -0.05) is 6.07 Å². The number of benzene rings is 1. The van der Waals surface area contributed by atoms with Crippen molar-refractivity contribution < 1.29 is 13.9 Å². The molecule has 0 spiro atoms. The third-order valence-corrected chi connectivity index (χ3v) is 5.40. The maximum absolute atomic E-state index is 13.1. The Morgan fingerprint density at radius 1 is 1.31 bits per heavy atom. The zero-order valence-corrected chi connectivity index (χ0v) is 15.7. The molecule has 0 N–H and O–H groups in total. The minimum Gasteiger partial charge on any atom is -0.493 e. The molecule has 0 unspecified atom stereocenters. The Balaban J connectivity index is 1.46. The summed E-state index contributed by atoms with van der Waals surface area (Å²) < 4.78 is 18.8. The highest BCUT2D eigenvalue weighted by Gasteiger charge is 2.25. The van der Waals surface area contributed by atoms with Gasteiger partial charge in [0, 0.05) is 25.4 Å². The van der Waals surface area contributed by atoms with Gasteiger partial charge < -0.3 is 9.64 Å². The zero-order chi connectivity index (χ0) is 18.4. The van der Waals surface area contributed by atoms with E-state index < -0.39 is 0 Å². The number of rotatable bonds is 6. The predicted octanol–water partition coefficient (Wildman–Crippen LogP) is 4.26. The fraction of sp³-hybridized carbons (Fsp3) is 0.400. The first-order valence-electron chi connectivity index (χ1n) is 8.84. The lowest BCUT2D eigenvalue weighted by molar-refractivity contribution is 0.0675. The van der Waals surface area contributed by atoms with E-state index >= 15 is 0 Å². The van der Waals surface area contributed by atoms with Crippen molar-refractivity contribution in [2.75, 3.05) is 26.0 Å². The van der Waals surface area contributed by atoms with Crippen molar-refractivity contribution in [3.63, 3.8) is 0 Å². The van der Waals surface area contributed by atoms with Crippen LogP contribution < -0.4 is 4.74 Å². The number of hydrogen-bond acceptors (Lipinski definition) is 4. The van der Waals surface area contributed by atoms with Gasteiger partial charge in [-0.05, 0) is 55.7 Å². The number of pyridine rings is 1. The molecule has 0 aliphatic carbocycles. The van der Waals surface area contributed by atoms with Crippen molar-refractivity contribution in [1.29, 1.82) is 0 Å². The summed E-state index contributed by atoms with van der Waals surface area (Å²) in [6.45, 7) is 2.08. The van der Waals surface area contributed by atoms with E-state index in [1.165, 1.54) is 23.9 Å². The number of hydrogen-bond donors (Lipinski definition) is 0. The van der Waals surface area contributed by atoms with E-state index in [1.54, 1.807) is 18.3 Å². The molecule has 1 aromatic carbocycles. The van der Waals surface area contributed by atoms with Gasteiger partial charge in [-0.3, -0.25) is 4.79 Å². The predicted molar refractivity (Wildman–Crippen MR) is 101 cm³/mol. The molecular formula is C20H23FN2O2S. The van der Waals surface area contributed by atoms with Crippen LogP contribution in [0.1, 0.15) is 29.6 Å². The van der Waals surface area contributed by atoms with Crippen molar-refractivity contribution in [2.45, 2.75) is 24.3 Å². The molecule has 1 fully saturated rings. The molecule has 2 aromatic rings. The summed E-state index contributed by atoms with van der Waals surface area (Å²) in [6.07, 6.45) is 6.50. The number of halogens is 1. The van der Waals surface area contributed by atoms with Gasteiger partial charge in [0.15, 0.2) is 0 Å². The molecule has 1 aromatic heterocycles. The molecule has 3 rings (SSSR count). The van der Waals surface area contributed by atoms with Crippen LogP contribution in [0, 0.1) is 11.7 Å². The lowest BCUT2D eigenvalue weighted by Gasteiger charge is -2.32. The number of amides is 1. The molecule has 0 radical (unpaired) electrons. The van der Waals surface area contributed by atoms with Crippen LogP contribution in [0.3, 0.4) is 0 Å². The average molecular weight is 374 g/mol. The molecule has 1 aliphatic rings. The first kappa shape index (κ1) is 18.7. The van der Waals surface area contributed by atoms with E-state index in [9.17, 15) is 9.18 Å². The molecular weight excluding hydrogens is 351 g/mol. The highest BCUT2D eigenvalue weighted by molar-refractivity contribution is 7.98. The maximum Gasteiger partial charge on any atom is 0.256 e. The number of carbonyl (C=O) groups is 1.